The lowest BCUT2D eigenvalue weighted by Gasteiger charge is -2.12. The summed E-state index contributed by atoms with van der Waals surface area (Å²) in [6.07, 6.45) is -5.10. The van der Waals surface area contributed by atoms with Crippen molar-refractivity contribution in [2.24, 2.45) is 0 Å². The van der Waals surface area contributed by atoms with E-state index in [-0.39, 0.29) is 17.9 Å². The molecule has 106 valence electrons. The van der Waals surface area contributed by atoms with Gasteiger partial charge < -0.3 is 4.74 Å². The lowest BCUT2D eigenvalue weighted by molar-refractivity contribution is -0.138. The van der Waals surface area contributed by atoms with Crippen molar-refractivity contribution in [2.75, 3.05) is 5.88 Å². The number of ether oxygens (including phenoxy) is 1. The van der Waals surface area contributed by atoms with Gasteiger partial charge in [-0.2, -0.15) is 22.0 Å². The average Bonchev–Trinajstić information content (AvgIpc) is 2.26. The highest BCUT2D eigenvalue weighted by Crippen LogP contribution is 2.33. The fourth-order valence-electron chi connectivity index (χ4n) is 1.37. The Bertz CT molecular complexity index is 459. The van der Waals surface area contributed by atoms with Gasteiger partial charge in [0.1, 0.15) is 5.75 Å². The molecule has 0 unspecified atom stereocenters. The first-order valence-corrected chi connectivity index (χ1v) is 5.49. The molecule has 0 bridgehead atoms. The second-order valence-electron chi connectivity index (χ2n) is 3.59. The van der Waals surface area contributed by atoms with Crippen molar-refractivity contribution in [1.82, 2.24) is 0 Å². The molecule has 0 saturated carbocycles. The molecule has 0 spiro atoms. The number of Topliss-reactive ketones (excluding diaryl/α,β-unsaturated/α-hetero) is 1. The fraction of sp³-hybridized carbons (Fsp3) is 0.364. The van der Waals surface area contributed by atoms with Crippen molar-refractivity contribution in [3.8, 4) is 5.75 Å². The summed E-state index contributed by atoms with van der Waals surface area (Å²) in [5, 5.41) is 0. The van der Waals surface area contributed by atoms with Crippen LogP contribution < -0.4 is 4.74 Å². The second kappa shape index (κ2) is 6.18. The fourth-order valence-corrected chi connectivity index (χ4v) is 1.47. The van der Waals surface area contributed by atoms with Crippen LogP contribution in [0.3, 0.4) is 0 Å². The third-order valence-electron chi connectivity index (χ3n) is 2.07. The predicted octanol–water partition coefficient (Wildman–Crippen LogP) is 3.66. The van der Waals surface area contributed by atoms with Crippen molar-refractivity contribution < 1.29 is 31.5 Å². The summed E-state index contributed by atoms with van der Waals surface area (Å²) >= 11 is 5.23. The quantitative estimate of drug-likeness (QED) is 0.613. The first kappa shape index (κ1) is 15.7. The van der Waals surface area contributed by atoms with Gasteiger partial charge in [-0.05, 0) is 23.8 Å². The standard InChI is InChI=1S/C11H8ClF5O2/c12-5-8(18)2-6-1-7(11(15,16)17)4-9(3-6)19-10(13)14/h1,3-4,10H,2,5H2. The van der Waals surface area contributed by atoms with Crippen molar-refractivity contribution >= 4 is 17.4 Å². The first-order chi connectivity index (χ1) is 8.72. The molecule has 0 saturated heterocycles. The third kappa shape index (κ3) is 5.02. The molecule has 19 heavy (non-hydrogen) atoms. The molecule has 0 aliphatic rings. The van der Waals surface area contributed by atoms with Gasteiger partial charge in [-0.25, -0.2) is 0 Å². The first-order valence-electron chi connectivity index (χ1n) is 4.96. The molecule has 0 fully saturated rings. The molecule has 2 nitrogen and oxygen atoms in total. The highest BCUT2D eigenvalue weighted by Gasteiger charge is 2.31. The maximum atomic E-state index is 12.6. The zero-order valence-electron chi connectivity index (χ0n) is 9.31. The molecule has 0 radical (unpaired) electrons. The topological polar surface area (TPSA) is 26.3 Å². The van der Waals surface area contributed by atoms with Gasteiger partial charge in [-0.3, -0.25) is 4.79 Å². The Labute approximate surface area is 110 Å². The van der Waals surface area contributed by atoms with Gasteiger partial charge in [0.15, 0.2) is 5.78 Å². The molecule has 0 aliphatic heterocycles. The van der Waals surface area contributed by atoms with Crippen LogP contribution in [0.25, 0.3) is 0 Å². The van der Waals surface area contributed by atoms with Gasteiger partial charge in [0.2, 0.25) is 0 Å². The number of carbonyl (C=O) groups is 1. The zero-order chi connectivity index (χ0) is 14.6. The van der Waals surface area contributed by atoms with Gasteiger partial charge in [0.25, 0.3) is 0 Å². The van der Waals surface area contributed by atoms with E-state index in [1.54, 1.807) is 0 Å². The molecule has 1 rings (SSSR count). The molecular formula is C11H8ClF5O2. The maximum Gasteiger partial charge on any atom is 0.416 e. The Balaban J connectivity index is 3.12. The summed E-state index contributed by atoms with van der Waals surface area (Å²) < 4.78 is 65.6. The van der Waals surface area contributed by atoms with Gasteiger partial charge in [0.05, 0.1) is 11.4 Å². The molecule has 8 heteroatoms. The minimum absolute atomic E-state index is 0.0869. The van der Waals surface area contributed by atoms with Gasteiger partial charge in [-0.15, -0.1) is 11.6 Å². The second-order valence-corrected chi connectivity index (χ2v) is 3.86. The van der Waals surface area contributed by atoms with Crippen molar-refractivity contribution in [2.45, 2.75) is 19.2 Å². The van der Waals surface area contributed by atoms with Crippen LogP contribution in [-0.2, 0) is 17.4 Å². The number of hydrogen-bond donors (Lipinski definition) is 0. The van der Waals surface area contributed by atoms with Crippen LogP contribution in [0.4, 0.5) is 22.0 Å². The zero-order valence-corrected chi connectivity index (χ0v) is 10.1. The molecule has 0 atom stereocenters. The summed E-state index contributed by atoms with van der Waals surface area (Å²) in [7, 11) is 0. The SMILES string of the molecule is O=C(CCl)Cc1cc(OC(F)F)cc(C(F)(F)F)c1. The van der Waals surface area contributed by atoms with E-state index in [0.717, 1.165) is 6.07 Å². The molecular weight excluding hydrogens is 295 g/mol. The van der Waals surface area contributed by atoms with Gasteiger partial charge >= 0.3 is 12.8 Å². The lowest BCUT2D eigenvalue weighted by Crippen LogP contribution is -2.10. The predicted molar refractivity (Wildman–Crippen MR) is 57.5 cm³/mol. The van der Waals surface area contributed by atoms with Crippen LogP contribution in [0.5, 0.6) is 5.75 Å². The van der Waals surface area contributed by atoms with E-state index >= 15 is 0 Å². The number of halogens is 6. The number of hydrogen-bond acceptors (Lipinski definition) is 2. The van der Waals surface area contributed by atoms with E-state index in [1.165, 1.54) is 0 Å². The maximum absolute atomic E-state index is 12.6. The summed E-state index contributed by atoms with van der Waals surface area (Å²) in [6, 6.07) is 2.09. The van der Waals surface area contributed by atoms with Crippen LogP contribution in [0, 0.1) is 0 Å². The number of alkyl halides is 6. The van der Waals surface area contributed by atoms with Crippen LogP contribution in [0.1, 0.15) is 11.1 Å². The van der Waals surface area contributed by atoms with Crippen LogP contribution in [-0.4, -0.2) is 18.3 Å². The van der Waals surface area contributed by atoms with Crippen molar-refractivity contribution in [3.05, 3.63) is 29.3 Å². The van der Waals surface area contributed by atoms with Gasteiger partial charge in [0, 0.05) is 6.42 Å². The van der Waals surface area contributed by atoms with Crippen molar-refractivity contribution in [3.63, 3.8) is 0 Å². The highest BCUT2D eigenvalue weighted by molar-refractivity contribution is 6.27. The Morgan fingerprint density at radius 3 is 2.37 bits per heavy atom. The van der Waals surface area contributed by atoms with E-state index in [1.807, 2.05) is 0 Å². The Hall–Kier alpha value is -1.37. The van der Waals surface area contributed by atoms with E-state index in [4.69, 9.17) is 11.6 Å². The number of carbonyl (C=O) groups excluding carboxylic acids is 1. The Morgan fingerprint density at radius 1 is 1.26 bits per heavy atom. The molecule has 1 aromatic carbocycles. The summed E-state index contributed by atoms with van der Waals surface area (Å²) in [5.74, 6) is -1.55. The highest BCUT2D eigenvalue weighted by atomic mass is 35.5. The van der Waals surface area contributed by atoms with Crippen LogP contribution >= 0.6 is 11.6 Å². The smallest absolute Gasteiger partial charge is 0.416 e. The van der Waals surface area contributed by atoms with Crippen LogP contribution in [0.15, 0.2) is 18.2 Å². The number of benzene rings is 1. The van der Waals surface area contributed by atoms with E-state index in [0.29, 0.717) is 12.1 Å². The molecule has 0 aliphatic carbocycles. The number of rotatable bonds is 5. The Morgan fingerprint density at radius 2 is 1.89 bits per heavy atom. The normalized spacial score (nSPS) is 11.7. The molecule has 1 aromatic rings. The summed E-state index contributed by atoms with van der Waals surface area (Å²) in [4.78, 5) is 11.1. The van der Waals surface area contributed by atoms with E-state index in [9.17, 15) is 26.7 Å². The minimum atomic E-state index is -4.72. The molecule has 0 amide bonds. The minimum Gasteiger partial charge on any atom is -0.435 e. The molecule has 0 heterocycles. The van der Waals surface area contributed by atoms with E-state index < -0.39 is 29.9 Å². The molecule has 0 N–H and O–H groups in total. The van der Waals surface area contributed by atoms with Crippen molar-refractivity contribution in [1.29, 1.82) is 0 Å². The summed E-state index contributed by atoms with van der Waals surface area (Å²) in [5.41, 5.74) is -1.25. The van der Waals surface area contributed by atoms with Crippen LogP contribution in [0.2, 0.25) is 0 Å². The lowest BCUT2D eigenvalue weighted by atomic mass is 10.1. The molecule has 0 aromatic heterocycles. The van der Waals surface area contributed by atoms with Gasteiger partial charge in [-0.1, -0.05) is 0 Å². The Kier molecular flexibility index (Phi) is 5.11. The van der Waals surface area contributed by atoms with E-state index in [2.05, 4.69) is 4.74 Å². The largest absolute Gasteiger partial charge is 0.435 e. The third-order valence-corrected chi connectivity index (χ3v) is 2.37. The number of ketones is 1. The summed E-state index contributed by atoms with van der Waals surface area (Å²) in [6.45, 7) is -3.25. The monoisotopic (exact) mass is 302 g/mol. The average molecular weight is 303 g/mol.